The maximum atomic E-state index is 6.43. The molecule has 0 saturated heterocycles. The lowest BCUT2D eigenvalue weighted by molar-refractivity contribution is 0.202. The maximum Gasteiger partial charge on any atom is 0.0946 e. The van der Waals surface area contributed by atoms with Crippen molar-refractivity contribution in [2.75, 3.05) is 0 Å². The Morgan fingerprint density at radius 2 is 1.74 bits per heavy atom. The molecule has 1 aromatic heterocycles. The van der Waals surface area contributed by atoms with Crippen LogP contribution in [0, 0.1) is 31.6 Å². The Morgan fingerprint density at radius 3 is 2.21 bits per heavy atom. The van der Waals surface area contributed by atoms with Crippen molar-refractivity contribution in [2.24, 2.45) is 23.5 Å². The van der Waals surface area contributed by atoms with Gasteiger partial charge >= 0.3 is 0 Å². The Morgan fingerprint density at radius 1 is 1.16 bits per heavy atom. The molecule has 1 fully saturated rings. The van der Waals surface area contributed by atoms with Crippen molar-refractivity contribution in [1.29, 1.82) is 0 Å². The number of aryl methyl sites for hydroxylation is 2. The molecule has 0 bridgehead atoms. The summed E-state index contributed by atoms with van der Waals surface area (Å²) in [7, 11) is 0. The molecule has 0 amide bonds. The summed E-state index contributed by atoms with van der Waals surface area (Å²) in [5, 5.41) is 1.23. The van der Waals surface area contributed by atoms with E-state index >= 15 is 0 Å². The summed E-state index contributed by atoms with van der Waals surface area (Å²) in [5.74, 6) is 2.47. The highest BCUT2D eigenvalue weighted by Crippen LogP contribution is 2.35. The van der Waals surface area contributed by atoms with E-state index in [2.05, 4.69) is 32.7 Å². The zero-order valence-corrected chi connectivity index (χ0v) is 13.6. The van der Waals surface area contributed by atoms with Gasteiger partial charge in [0, 0.05) is 17.3 Å². The number of hydrogen-bond acceptors (Lipinski definition) is 3. The second-order valence-corrected chi connectivity index (χ2v) is 7.82. The van der Waals surface area contributed by atoms with Gasteiger partial charge in [-0.25, -0.2) is 4.98 Å². The number of nitrogens with zero attached hydrogens (tertiary/aromatic N) is 1. The first-order valence-electron chi connectivity index (χ1n) is 7.65. The van der Waals surface area contributed by atoms with Crippen LogP contribution in [0.25, 0.3) is 0 Å². The van der Waals surface area contributed by atoms with Crippen LogP contribution in [0.4, 0.5) is 0 Å². The average Bonchev–Trinajstić information content (AvgIpc) is 2.68. The topological polar surface area (TPSA) is 38.9 Å². The molecule has 0 spiro atoms. The lowest BCUT2D eigenvalue weighted by atomic mass is 9.74. The summed E-state index contributed by atoms with van der Waals surface area (Å²) in [6.07, 6.45) is 6.33. The third-order valence-corrected chi connectivity index (χ3v) is 5.94. The van der Waals surface area contributed by atoms with E-state index in [4.69, 9.17) is 5.73 Å². The van der Waals surface area contributed by atoms with Crippen molar-refractivity contribution in [3.05, 3.63) is 15.6 Å². The number of thiazole rings is 1. The minimum Gasteiger partial charge on any atom is -0.327 e. The van der Waals surface area contributed by atoms with Crippen LogP contribution in [-0.2, 0) is 6.42 Å². The summed E-state index contributed by atoms with van der Waals surface area (Å²) >= 11 is 1.82. The van der Waals surface area contributed by atoms with Crippen molar-refractivity contribution in [3.8, 4) is 0 Å². The van der Waals surface area contributed by atoms with Crippen LogP contribution in [0.3, 0.4) is 0 Å². The number of aromatic nitrogens is 1. The first-order chi connectivity index (χ1) is 8.97. The highest BCUT2D eigenvalue weighted by molar-refractivity contribution is 7.11. The molecule has 0 aromatic carbocycles. The fourth-order valence-corrected chi connectivity index (χ4v) is 4.24. The number of rotatable bonds is 4. The minimum absolute atomic E-state index is 0.304. The van der Waals surface area contributed by atoms with E-state index in [0.29, 0.717) is 12.0 Å². The first kappa shape index (κ1) is 15.0. The Bertz CT molecular complexity index is 383. The van der Waals surface area contributed by atoms with E-state index in [1.165, 1.54) is 41.3 Å². The van der Waals surface area contributed by atoms with Crippen LogP contribution >= 0.6 is 11.3 Å². The fraction of sp³-hybridized carbons (Fsp3) is 0.812. The summed E-state index contributed by atoms with van der Waals surface area (Å²) in [6.45, 7) is 8.95. The van der Waals surface area contributed by atoms with Crippen LogP contribution in [0.15, 0.2) is 0 Å². The van der Waals surface area contributed by atoms with E-state index in [0.717, 1.165) is 18.3 Å². The molecule has 108 valence electrons. The molecule has 2 rings (SSSR count). The van der Waals surface area contributed by atoms with Gasteiger partial charge in [-0.2, -0.15) is 0 Å². The van der Waals surface area contributed by atoms with Gasteiger partial charge in [-0.1, -0.05) is 13.8 Å². The van der Waals surface area contributed by atoms with Gasteiger partial charge in [-0.05, 0) is 57.3 Å². The molecular formula is C16H28N2S. The molecule has 1 heterocycles. The van der Waals surface area contributed by atoms with Crippen molar-refractivity contribution < 1.29 is 0 Å². The highest BCUT2D eigenvalue weighted by Gasteiger charge is 2.27. The van der Waals surface area contributed by atoms with E-state index in [1.54, 1.807) is 0 Å². The zero-order chi connectivity index (χ0) is 14.0. The molecule has 0 radical (unpaired) electrons. The average molecular weight is 280 g/mol. The fourth-order valence-electron chi connectivity index (χ4n) is 3.23. The van der Waals surface area contributed by atoms with Gasteiger partial charge in [-0.15, -0.1) is 11.3 Å². The molecular weight excluding hydrogens is 252 g/mol. The van der Waals surface area contributed by atoms with Crippen molar-refractivity contribution in [2.45, 2.75) is 65.8 Å². The zero-order valence-electron chi connectivity index (χ0n) is 12.8. The molecule has 1 aromatic rings. The van der Waals surface area contributed by atoms with E-state index in [-0.39, 0.29) is 0 Å². The van der Waals surface area contributed by atoms with Gasteiger partial charge in [0.15, 0.2) is 0 Å². The lowest BCUT2D eigenvalue weighted by Crippen LogP contribution is -2.35. The minimum atomic E-state index is 0.304. The largest absolute Gasteiger partial charge is 0.327 e. The predicted molar refractivity (Wildman–Crippen MR) is 83.6 cm³/mol. The summed E-state index contributed by atoms with van der Waals surface area (Å²) < 4.78 is 0. The van der Waals surface area contributed by atoms with Gasteiger partial charge in [0.05, 0.1) is 10.7 Å². The van der Waals surface area contributed by atoms with Gasteiger partial charge in [0.25, 0.3) is 0 Å². The number of nitrogens with two attached hydrogens (primary N) is 1. The Balaban J connectivity index is 1.86. The van der Waals surface area contributed by atoms with Crippen molar-refractivity contribution in [1.82, 2.24) is 4.98 Å². The molecule has 3 heteroatoms. The van der Waals surface area contributed by atoms with Gasteiger partial charge < -0.3 is 5.73 Å². The SMILES string of the molecule is Cc1nc(CC(N)C2CCC(C(C)C)CC2)sc1C. The number of hydrogen-bond donors (Lipinski definition) is 1. The predicted octanol–water partition coefficient (Wildman–Crippen LogP) is 4.09. The van der Waals surface area contributed by atoms with Crippen LogP contribution in [-0.4, -0.2) is 11.0 Å². The van der Waals surface area contributed by atoms with Crippen molar-refractivity contribution in [3.63, 3.8) is 0 Å². The quantitative estimate of drug-likeness (QED) is 0.902. The summed E-state index contributed by atoms with van der Waals surface area (Å²) in [4.78, 5) is 5.97. The molecule has 2 nitrogen and oxygen atoms in total. The second-order valence-electron chi connectivity index (χ2n) is 6.54. The normalized spacial score (nSPS) is 25.8. The van der Waals surface area contributed by atoms with Crippen LogP contribution in [0.2, 0.25) is 0 Å². The van der Waals surface area contributed by atoms with Crippen LogP contribution < -0.4 is 5.73 Å². The molecule has 1 atom stereocenters. The Kier molecular flexibility index (Phi) is 5.02. The molecule has 1 aliphatic carbocycles. The van der Waals surface area contributed by atoms with Gasteiger partial charge in [-0.3, -0.25) is 0 Å². The lowest BCUT2D eigenvalue weighted by Gasteiger charge is -2.33. The molecule has 1 aliphatic rings. The van der Waals surface area contributed by atoms with E-state index in [9.17, 15) is 0 Å². The second kappa shape index (κ2) is 6.36. The standard InChI is InChI=1S/C16H28N2S/c1-10(2)13-5-7-14(8-6-13)15(17)9-16-18-11(3)12(4)19-16/h10,13-15H,5-9,17H2,1-4H3. The third kappa shape index (κ3) is 3.79. The highest BCUT2D eigenvalue weighted by atomic mass is 32.1. The van der Waals surface area contributed by atoms with Crippen molar-refractivity contribution >= 4 is 11.3 Å². The van der Waals surface area contributed by atoms with E-state index < -0.39 is 0 Å². The Labute approximate surface area is 121 Å². The van der Waals surface area contributed by atoms with Crippen LogP contribution in [0.5, 0.6) is 0 Å². The molecule has 1 unspecified atom stereocenters. The van der Waals surface area contributed by atoms with E-state index in [1.807, 2.05) is 11.3 Å². The monoisotopic (exact) mass is 280 g/mol. The van der Waals surface area contributed by atoms with Crippen LogP contribution in [0.1, 0.15) is 55.1 Å². The molecule has 0 aliphatic heterocycles. The summed E-state index contributed by atoms with van der Waals surface area (Å²) in [6, 6.07) is 0.304. The molecule has 1 saturated carbocycles. The smallest absolute Gasteiger partial charge is 0.0946 e. The summed E-state index contributed by atoms with van der Waals surface area (Å²) in [5.41, 5.74) is 7.60. The molecule has 2 N–H and O–H groups in total. The molecule has 19 heavy (non-hydrogen) atoms. The van der Waals surface area contributed by atoms with Gasteiger partial charge in [0.1, 0.15) is 0 Å². The van der Waals surface area contributed by atoms with Gasteiger partial charge in [0.2, 0.25) is 0 Å². The Hall–Kier alpha value is -0.410. The maximum absolute atomic E-state index is 6.43. The first-order valence-corrected chi connectivity index (χ1v) is 8.47. The third-order valence-electron chi connectivity index (χ3n) is 4.85.